The number of carbonyl (C=O) groups is 1. The van der Waals surface area contributed by atoms with E-state index in [1.54, 1.807) is 23.2 Å². The number of urea groups is 1. The van der Waals surface area contributed by atoms with E-state index in [-0.39, 0.29) is 17.8 Å². The Morgan fingerprint density at radius 1 is 1.30 bits per heavy atom. The average molecular weight is 360 g/mol. The van der Waals surface area contributed by atoms with Gasteiger partial charge >= 0.3 is 6.03 Å². The lowest BCUT2D eigenvalue weighted by Crippen LogP contribution is -2.53. The molecule has 1 aliphatic heterocycles. The maximum Gasteiger partial charge on any atom is 0.317 e. The highest BCUT2D eigenvalue weighted by atomic mass is 32.2. The van der Waals surface area contributed by atoms with Crippen molar-refractivity contribution in [3.05, 3.63) is 21.4 Å². The van der Waals surface area contributed by atoms with Crippen LogP contribution < -0.4 is 5.32 Å². The van der Waals surface area contributed by atoms with Gasteiger partial charge in [-0.3, -0.25) is 0 Å². The summed E-state index contributed by atoms with van der Waals surface area (Å²) in [4.78, 5) is 16.5. The molecule has 1 aromatic rings. The van der Waals surface area contributed by atoms with Crippen LogP contribution >= 0.6 is 11.3 Å². The Bertz CT molecular complexity index is 662. The Hall–Kier alpha value is -1.12. The van der Waals surface area contributed by atoms with Gasteiger partial charge in [0.2, 0.25) is 10.0 Å². The van der Waals surface area contributed by atoms with Crippen LogP contribution in [0.1, 0.15) is 35.2 Å². The minimum atomic E-state index is -3.16. The van der Waals surface area contributed by atoms with E-state index in [0.29, 0.717) is 26.2 Å². The third-order valence-electron chi connectivity index (χ3n) is 4.17. The van der Waals surface area contributed by atoms with Gasteiger partial charge in [0.25, 0.3) is 0 Å². The van der Waals surface area contributed by atoms with E-state index in [0.717, 1.165) is 5.56 Å². The highest BCUT2D eigenvalue weighted by Crippen LogP contribution is 2.26. The number of aryl methyl sites for hydroxylation is 2. The number of nitrogens with zero attached hydrogens (tertiary/aromatic N) is 2. The first-order chi connectivity index (χ1) is 10.7. The zero-order valence-electron chi connectivity index (χ0n) is 14.1. The molecule has 2 amide bonds. The number of rotatable bonds is 4. The summed E-state index contributed by atoms with van der Waals surface area (Å²) in [5.41, 5.74) is 1.15. The zero-order valence-corrected chi connectivity index (χ0v) is 15.8. The molecule has 1 aliphatic rings. The van der Waals surface area contributed by atoms with Crippen LogP contribution in [-0.4, -0.2) is 55.6 Å². The standard InChI is InChI=1S/C15H25N3O3S2/c1-5-23(20,21)18-8-6-17(7-9-18)15(19)16-12(3)14-10-11(2)22-13(14)4/h10,12H,5-9H2,1-4H3,(H,16,19). The first-order valence-corrected chi connectivity index (χ1v) is 10.3. The summed E-state index contributed by atoms with van der Waals surface area (Å²) in [5.74, 6) is 0.104. The summed E-state index contributed by atoms with van der Waals surface area (Å²) >= 11 is 1.73. The highest BCUT2D eigenvalue weighted by Gasteiger charge is 2.28. The second kappa shape index (κ2) is 7.19. The summed E-state index contributed by atoms with van der Waals surface area (Å²) in [6.45, 7) is 9.33. The molecule has 0 aliphatic carbocycles. The molecule has 8 heteroatoms. The smallest absolute Gasteiger partial charge is 0.317 e. The summed E-state index contributed by atoms with van der Waals surface area (Å²) in [6.07, 6.45) is 0. The van der Waals surface area contributed by atoms with E-state index in [4.69, 9.17) is 0 Å². The third kappa shape index (κ3) is 4.24. The van der Waals surface area contributed by atoms with Crippen molar-refractivity contribution >= 4 is 27.4 Å². The first-order valence-electron chi connectivity index (χ1n) is 7.84. The maximum absolute atomic E-state index is 12.4. The SMILES string of the molecule is CCS(=O)(=O)N1CCN(C(=O)NC(C)c2cc(C)sc2C)CC1. The normalized spacial score (nSPS) is 18.0. The van der Waals surface area contributed by atoms with Gasteiger partial charge in [0.05, 0.1) is 11.8 Å². The Balaban J connectivity index is 1.92. The molecule has 1 fully saturated rings. The Labute approximate surface area is 142 Å². The molecule has 1 N–H and O–H groups in total. The minimum Gasteiger partial charge on any atom is -0.331 e. The second-order valence-electron chi connectivity index (χ2n) is 5.83. The van der Waals surface area contributed by atoms with Gasteiger partial charge in [-0.25, -0.2) is 13.2 Å². The minimum absolute atomic E-state index is 0.0511. The number of carbonyl (C=O) groups excluding carboxylic acids is 1. The van der Waals surface area contributed by atoms with Crippen LogP contribution in [0.2, 0.25) is 0 Å². The van der Waals surface area contributed by atoms with Crippen LogP contribution in [0.5, 0.6) is 0 Å². The predicted molar refractivity (Wildman–Crippen MR) is 93.3 cm³/mol. The fraction of sp³-hybridized carbons (Fsp3) is 0.667. The summed E-state index contributed by atoms with van der Waals surface area (Å²) in [7, 11) is -3.16. The molecule has 0 bridgehead atoms. The Morgan fingerprint density at radius 2 is 1.91 bits per heavy atom. The molecule has 0 spiro atoms. The van der Waals surface area contributed by atoms with Gasteiger partial charge in [-0.2, -0.15) is 4.31 Å². The van der Waals surface area contributed by atoms with Crippen LogP contribution in [0.15, 0.2) is 6.07 Å². The maximum atomic E-state index is 12.4. The number of hydrogen-bond donors (Lipinski definition) is 1. The van der Waals surface area contributed by atoms with Gasteiger partial charge in [-0.15, -0.1) is 11.3 Å². The molecule has 130 valence electrons. The number of amides is 2. The first kappa shape index (κ1) is 18.2. The molecule has 2 rings (SSSR count). The molecule has 1 aromatic heterocycles. The van der Waals surface area contributed by atoms with Gasteiger partial charge in [-0.1, -0.05) is 0 Å². The fourth-order valence-electron chi connectivity index (χ4n) is 2.79. The number of hydrogen-bond acceptors (Lipinski definition) is 4. The molecule has 1 unspecified atom stereocenters. The number of sulfonamides is 1. The van der Waals surface area contributed by atoms with E-state index in [1.165, 1.54) is 14.1 Å². The van der Waals surface area contributed by atoms with Gasteiger partial charge in [0.1, 0.15) is 0 Å². The van der Waals surface area contributed by atoms with Crippen molar-refractivity contribution in [1.82, 2.24) is 14.5 Å². The number of nitrogens with one attached hydrogen (secondary N) is 1. The zero-order chi connectivity index (χ0) is 17.2. The number of piperazine rings is 1. The number of thiophene rings is 1. The van der Waals surface area contributed by atoms with E-state index in [9.17, 15) is 13.2 Å². The quantitative estimate of drug-likeness (QED) is 0.895. The van der Waals surface area contributed by atoms with Crippen LogP contribution in [-0.2, 0) is 10.0 Å². The lowest BCUT2D eigenvalue weighted by atomic mass is 10.1. The second-order valence-corrected chi connectivity index (χ2v) is 9.54. The lowest BCUT2D eigenvalue weighted by molar-refractivity contribution is 0.169. The molecule has 0 radical (unpaired) electrons. The highest BCUT2D eigenvalue weighted by molar-refractivity contribution is 7.89. The molecule has 1 saturated heterocycles. The van der Waals surface area contributed by atoms with Crippen LogP contribution in [0.3, 0.4) is 0 Å². The molecule has 23 heavy (non-hydrogen) atoms. The molecular weight excluding hydrogens is 334 g/mol. The Morgan fingerprint density at radius 3 is 2.39 bits per heavy atom. The summed E-state index contributed by atoms with van der Waals surface area (Å²) in [5, 5.41) is 3.01. The summed E-state index contributed by atoms with van der Waals surface area (Å²) < 4.78 is 25.1. The van der Waals surface area contributed by atoms with E-state index >= 15 is 0 Å². The van der Waals surface area contributed by atoms with Crippen molar-refractivity contribution in [3.8, 4) is 0 Å². The lowest BCUT2D eigenvalue weighted by Gasteiger charge is -2.34. The van der Waals surface area contributed by atoms with Crippen molar-refractivity contribution in [1.29, 1.82) is 0 Å². The van der Waals surface area contributed by atoms with Crippen molar-refractivity contribution < 1.29 is 13.2 Å². The molecule has 6 nitrogen and oxygen atoms in total. The van der Waals surface area contributed by atoms with Crippen LogP contribution in [0.25, 0.3) is 0 Å². The fourth-order valence-corrected chi connectivity index (χ4v) is 4.89. The largest absolute Gasteiger partial charge is 0.331 e. The van der Waals surface area contributed by atoms with E-state index in [1.807, 2.05) is 6.92 Å². The van der Waals surface area contributed by atoms with Gasteiger partial charge < -0.3 is 10.2 Å². The van der Waals surface area contributed by atoms with Crippen LogP contribution in [0.4, 0.5) is 4.79 Å². The molecule has 0 saturated carbocycles. The van der Waals surface area contributed by atoms with Crippen molar-refractivity contribution in [2.45, 2.75) is 33.7 Å². The molecule has 2 heterocycles. The van der Waals surface area contributed by atoms with Crippen molar-refractivity contribution in [3.63, 3.8) is 0 Å². The van der Waals surface area contributed by atoms with Gasteiger partial charge in [-0.05, 0) is 39.3 Å². The predicted octanol–water partition coefficient (Wildman–Crippen LogP) is 2.10. The Kier molecular flexibility index (Phi) is 5.70. The van der Waals surface area contributed by atoms with Crippen molar-refractivity contribution in [2.24, 2.45) is 0 Å². The topological polar surface area (TPSA) is 69.7 Å². The van der Waals surface area contributed by atoms with Crippen LogP contribution in [0, 0.1) is 13.8 Å². The monoisotopic (exact) mass is 359 g/mol. The average Bonchev–Trinajstić information content (AvgIpc) is 2.86. The molecular formula is C15H25N3O3S2. The van der Waals surface area contributed by atoms with Gasteiger partial charge in [0.15, 0.2) is 0 Å². The summed E-state index contributed by atoms with van der Waals surface area (Å²) in [6, 6.07) is 1.93. The molecule has 0 aromatic carbocycles. The van der Waals surface area contributed by atoms with E-state index in [2.05, 4.69) is 25.2 Å². The van der Waals surface area contributed by atoms with E-state index < -0.39 is 10.0 Å². The van der Waals surface area contributed by atoms with Gasteiger partial charge in [0, 0.05) is 35.9 Å². The van der Waals surface area contributed by atoms with Crippen molar-refractivity contribution in [2.75, 3.05) is 31.9 Å². The molecule has 1 atom stereocenters. The third-order valence-corrected chi connectivity index (χ3v) is 7.03.